The Morgan fingerprint density at radius 3 is 2.55 bits per heavy atom. The first-order valence-electron chi connectivity index (χ1n) is 3.53. The van der Waals surface area contributed by atoms with E-state index in [4.69, 9.17) is 0 Å². The summed E-state index contributed by atoms with van der Waals surface area (Å²) in [7, 11) is 0. The van der Waals surface area contributed by atoms with Crippen molar-refractivity contribution in [1.82, 2.24) is 0 Å². The smallest absolute Gasteiger partial charge is 0.0181 e. The molecule has 0 radical (unpaired) electrons. The van der Waals surface area contributed by atoms with E-state index in [-0.39, 0.29) is 0 Å². The SMILES string of the molecule is C=C(C)c1cc(Br)ccc1C. The van der Waals surface area contributed by atoms with Gasteiger partial charge >= 0.3 is 0 Å². The van der Waals surface area contributed by atoms with E-state index in [1.165, 1.54) is 11.1 Å². The monoisotopic (exact) mass is 210 g/mol. The maximum Gasteiger partial charge on any atom is 0.0181 e. The van der Waals surface area contributed by atoms with Gasteiger partial charge in [-0.25, -0.2) is 0 Å². The first-order chi connectivity index (χ1) is 5.11. The van der Waals surface area contributed by atoms with Gasteiger partial charge in [0, 0.05) is 4.47 Å². The minimum absolute atomic E-state index is 1.11. The standard InChI is InChI=1S/C10H11Br/c1-7(2)10-6-9(11)5-4-8(10)3/h4-6H,1H2,2-3H3. The van der Waals surface area contributed by atoms with Crippen LogP contribution in [0.15, 0.2) is 29.3 Å². The third-order valence-corrected chi connectivity index (χ3v) is 2.15. The zero-order valence-corrected chi connectivity index (χ0v) is 8.40. The van der Waals surface area contributed by atoms with Crippen molar-refractivity contribution >= 4 is 21.5 Å². The second-order valence-corrected chi connectivity index (χ2v) is 3.66. The van der Waals surface area contributed by atoms with Gasteiger partial charge in [-0.1, -0.05) is 34.1 Å². The summed E-state index contributed by atoms with van der Waals surface area (Å²) in [6.07, 6.45) is 0. The summed E-state index contributed by atoms with van der Waals surface area (Å²) in [4.78, 5) is 0. The summed E-state index contributed by atoms with van der Waals surface area (Å²) in [5.41, 5.74) is 3.63. The normalized spacial score (nSPS) is 9.73. The molecule has 0 unspecified atom stereocenters. The summed E-state index contributed by atoms with van der Waals surface area (Å²) in [6.45, 7) is 8.02. The van der Waals surface area contributed by atoms with Crippen LogP contribution in [0.2, 0.25) is 0 Å². The van der Waals surface area contributed by atoms with Crippen LogP contribution in [0.3, 0.4) is 0 Å². The lowest BCUT2D eigenvalue weighted by Crippen LogP contribution is -1.83. The average Bonchev–Trinajstić information content (AvgIpc) is 1.94. The highest BCUT2D eigenvalue weighted by atomic mass is 79.9. The maximum atomic E-state index is 3.91. The number of benzene rings is 1. The van der Waals surface area contributed by atoms with Crippen LogP contribution in [0.4, 0.5) is 0 Å². The van der Waals surface area contributed by atoms with Crippen LogP contribution in [0.1, 0.15) is 18.1 Å². The lowest BCUT2D eigenvalue weighted by Gasteiger charge is -2.04. The van der Waals surface area contributed by atoms with Gasteiger partial charge in [-0.15, -0.1) is 0 Å². The highest BCUT2D eigenvalue weighted by molar-refractivity contribution is 9.10. The van der Waals surface area contributed by atoms with E-state index >= 15 is 0 Å². The van der Waals surface area contributed by atoms with Gasteiger partial charge in [-0.3, -0.25) is 0 Å². The molecular weight excluding hydrogens is 200 g/mol. The number of rotatable bonds is 1. The van der Waals surface area contributed by atoms with Crippen LogP contribution in [0.5, 0.6) is 0 Å². The maximum absolute atomic E-state index is 3.91. The summed E-state index contributed by atoms with van der Waals surface area (Å²) in [5.74, 6) is 0. The molecule has 0 atom stereocenters. The van der Waals surface area contributed by atoms with Crippen molar-refractivity contribution in [2.45, 2.75) is 13.8 Å². The molecule has 58 valence electrons. The average molecular weight is 211 g/mol. The van der Waals surface area contributed by atoms with Crippen molar-refractivity contribution in [3.63, 3.8) is 0 Å². The molecule has 0 N–H and O–H groups in total. The molecule has 0 amide bonds. The molecule has 0 aliphatic carbocycles. The predicted molar refractivity (Wildman–Crippen MR) is 53.6 cm³/mol. The Bertz CT molecular complexity index is 287. The second-order valence-electron chi connectivity index (χ2n) is 2.74. The van der Waals surface area contributed by atoms with Crippen LogP contribution in [0.25, 0.3) is 5.57 Å². The van der Waals surface area contributed by atoms with Crippen molar-refractivity contribution < 1.29 is 0 Å². The van der Waals surface area contributed by atoms with Gasteiger partial charge in [0.05, 0.1) is 0 Å². The Morgan fingerprint density at radius 1 is 1.45 bits per heavy atom. The minimum atomic E-state index is 1.11. The third kappa shape index (κ3) is 1.93. The van der Waals surface area contributed by atoms with Crippen LogP contribution in [0, 0.1) is 6.92 Å². The zero-order chi connectivity index (χ0) is 8.43. The molecule has 0 aromatic heterocycles. The van der Waals surface area contributed by atoms with Crippen LogP contribution < -0.4 is 0 Å². The number of aryl methyl sites for hydroxylation is 1. The quantitative estimate of drug-likeness (QED) is 0.662. The summed E-state index contributed by atoms with van der Waals surface area (Å²) >= 11 is 3.42. The fourth-order valence-corrected chi connectivity index (χ4v) is 1.42. The molecule has 1 aromatic carbocycles. The van der Waals surface area contributed by atoms with Gasteiger partial charge in [0.1, 0.15) is 0 Å². The van der Waals surface area contributed by atoms with Gasteiger partial charge in [-0.2, -0.15) is 0 Å². The van der Waals surface area contributed by atoms with Crippen LogP contribution in [-0.4, -0.2) is 0 Å². The van der Waals surface area contributed by atoms with E-state index in [2.05, 4.69) is 41.6 Å². The molecule has 0 heterocycles. The first-order valence-corrected chi connectivity index (χ1v) is 4.32. The van der Waals surface area contributed by atoms with E-state index in [9.17, 15) is 0 Å². The molecule has 0 aliphatic heterocycles. The van der Waals surface area contributed by atoms with Crippen molar-refractivity contribution in [3.05, 3.63) is 40.4 Å². The van der Waals surface area contributed by atoms with Gasteiger partial charge in [-0.05, 0) is 37.1 Å². The lowest BCUT2D eigenvalue weighted by atomic mass is 10.0. The van der Waals surface area contributed by atoms with E-state index in [1.807, 2.05) is 13.0 Å². The van der Waals surface area contributed by atoms with Crippen molar-refractivity contribution in [2.24, 2.45) is 0 Å². The number of hydrogen-bond donors (Lipinski definition) is 0. The Balaban J connectivity index is 3.23. The Morgan fingerprint density at radius 2 is 2.09 bits per heavy atom. The number of allylic oxidation sites excluding steroid dienone is 1. The fraction of sp³-hybridized carbons (Fsp3) is 0.200. The third-order valence-electron chi connectivity index (χ3n) is 1.66. The molecule has 0 saturated heterocycles. The summed E-state index contributed by atoms with van der Waals surface area (Å²) in [5, 5.41) is 0. The molecule has 0 spiro atoms. The Labute approximate surface area is 76.1 Å². The highest BCUT2D eigenvalue weighted by Crippen LogP contribution is 2.21. The van der Waals surface area contributed by atoms with Crippen molar-refractivity contribution in [3.8, 4) is 0 Å². The molecule has 1 heteroatoms. The molecule has 1 aromatic rings. The Kier molecular flexibility index (Phi) is 2.50. The molecule has 0 saturated carbocycles. The second kappa shape index (κ2) is 3.22. The molecule has 1 rings (SSSR count). The molecule has 0 fully saturated rings. The van der Waals surface area contributed by atoms with Gasteiger partial charge in [0.25, 0.3) is 0 Å². The van der Waals surface area contributed by atoms with E-state index < -0.39 is 0 Å². The van der Waals surface area contributed by atoms with E-state index in [0.717, 1.165) is 10.0 Å². The predicted octanol–water partition coefficient (Wildman–Crippen LogP) is 3.79. The van der Waals surface area contributed by atoms with E-state index in [0.29, 0.717) is 0 Å². The van der Waals surface area contributed by atoms with Crippen molar-refractivity contribution in [1.29, 1.82) is 0 Å². The lowest BCUT2D eigenvalue weighted by molar-refractivity contribution is 1.40. The van der Waals surface area contributed by atoms with Gasteiger partial charge in [0.2, 0.25) is 0 Å². The van der Waals surface area contributed by atoms with E-state index in [1.54, 1.807) is 0 Å². The fourth-order valence-electron chi connectivity index (χ4n) is 1.05. The molecule has 0 nitrogen and oxygen atoms in total. The minimum Gasteiger partial charge on any atom is -0.0955 e. The van der Waals surface area contributed by atoms with Gasteiger partial charge in [0.15, 0.2) is 0 Å². The summed E-state index contributed by atoms with van der Waals surface area (Å²) in [6, 6.07) is 6.23. The Hall–Kier alpha value is -0.560. The van der Waals surface area contributed by atoms with Crippen molar-refractivity contribution in [2.75, 3.05) is 0 Å². The number of hydrogen-bond acceptors (Lipinski definition) is 0. The highest BCUT2D eigenvalue weighted by Gasteiger charge is 1.98. The molecule has 0 aliphatic rings. The largest absolute Gasteiger partial charge is 0.0955 e. The molecule has 11 heavy (non-hydrogen) atoms. The van der Waals surface area contributed by atoms with Crippen LogP contribution in [-0.2, 0) is 0 Å². The number of halogens is 1. The zero-order valence-electron chi connectivity index (χ0n) is 6.82. The van der Waals surface area contributed by atoms with Gasteiger partial charge < -0.3 is 0 Å². The topological polar surface area (TPSA) is 0 Å². The first kappa shape index (κ1) is 8.54. The molecular formula is C10H11Br. The summed E-state index contributed by atoms with van der Waals surface area (Å²) < 4.78 is 1.11. The molecule has 0 bridgehead atoms. The van der Waals surface area contributed by atoms with Crippen LogP contribution >= 0.6 is 15.9 Å².